The zero-order valence-electron chi connectivity index (χ0n) is 12.6. The number of hydrogen-bond acceptors (Lipinski definition) is 3. The van der Waals surface area contributed by atoms with Crippen LogP contribution in [0.3, 0.4) is 0 Å². The molecule has 5 nitrogen and oxygen atoms in total. The van der Waals surface area contributed by atoms with Crippen molar-refractivity contribution in [2.45, 2.75) is 38.6 Å². The zero-order valence-corrected chi connectivity index (χ0v) is 13.4. The number of piperidine rings is 1. The van der Waals surface area contributed by atoms with Crippen LogP contribution in [0.4, 0.5) is 0 Å². The first kappa shape index (κ1) is 16.6. The molecular formula is C16H21ClN2O3. The van der Waals surface area contributed by atoms with Crippen molar-refractivity contribution >= 4 is 23.4 Å². The monoisotopic (exact) mass is 324 g/mol. The highest BCUT2D eigenvalue weighted by Crippen LogP contribution is 2.25. The average molecular weight is 325 g/mol. The highest BCUT2D eigenvalue weighted by Gasteiger charge is 2.25. The lowest BCUT2D eigenvalue weighted by Gasteiger charge is -2.33. The number of carbonyl (C=O) groups excluding carboxylic acids is 2. The number of amides is 2. The first-order chi connectivity index (χ1) is 10.5. The fraction of sp³-hybridized carbons (Fsp3) is 0.500. The lowest BCUT2D eigenvalue weighted by atomic mass is 10.0. The van der Waals surface area contributed by atoms with Crippen molar-refractivity contribution in [3.05, 3.63) is 28.8 Å². The lowest BCUT2D eigenvalue weighted by molar-refractivity contribution is -0.122. The van der Waals surface area contributed by atoms with Gasteiger partial charge < -0.3 is 15.3 Å². The van der Waals surface area contributed by atoms with Gasteiger partial charge in [-0.25, -0.2) is 0 Å². The molecule has 6 heteroatoms. The number of benzene rings is 1. The minimum atomic E-state index is -0.128. The van der Waals surface area contributed by atoms with E-state index in [9.17, 15) is 14.7 Å². The third kappa shape index (κ3) is 4.13. The highest BCUT2D eigenvalue weighted by molar-refractivity contribution is 6.32. The van der Waals surface area contributed by atoms with E-state index in [1.165, 1.54) is 12.1 Å². The molecule has 0 radical (unpaired) electrons. The number of halogens is 1. The van der Waals surface area contributed by atoms with E-state index in [1.807, 2.05) is 6.92 Å². The number of phenols is 1. The Labute approximate surface area is 135 Å². The highest BCUT2D eigenvalue weighted by atomic mass is 35.5. The summed E-state index contributed by atoms with van der Waals surface area (Å²) >= 11 is 5.85. The number of carbonyl (C=O) groups is 2. The van der Waals surface area contributed by atoms with Gasteiger partial charge in [0.15, 0.2) is 0 Å². The standard InChI is InChI=1S/C16H21ClN2O3/c1-2-4-15(21)18-12-5-3-8-19(10-12)16(22)11-6-7-14(20)13(17)9-11/h6-7,9,12,20H,2-5,8,10H2,1H3,(H,18,21)/t12-/m0/s1. The lowest BCUT2D eigenvalue weighted by Crippen LogP contribution is -2.49. The molecule has 2 rings (SSSR count). The summed E-state index contributed by atoms with van der Waals surface area (Å²) < 4.78 is 0. The number of likely N-dealkylation sites (tertiary alicyclic amines) is 1. The van der Waals surface area contributed by atoms with Crippen LogP contribution in [0.5, 0.6) is 5.75 Å². The maximum Gasteiger partial charge on any atom is 0.253 e. The molecule has 120 valence electrons. The van der Waals surface area contributed by atoms with Gasteiger partial charge in [0.1, 0.15) is 5.75 Å². The molecule has 1 fully saturated rings. The molecule has 0 unspecified atom stereocenters. The third-order valence-corrected chi connectivity index (χ3v) is 4.05. The van der Waals surface area contributed by atoms with Gasteiger partial charge in [0.05, 0.1) is 5.02 Å². The molecule has 0 spiro atoms. The molecular weight excluding hydrogens is 304 g/mol. The average Bonchev–Trinajstić information content (AvgIpc) is 2.50. The van der Waals surface area contributed by atoms with Crippen molar-refractivity contribution in [3.63, 3.8) is 0 Å². The Balaban J connectivity index is 2.00. The normalized spacial score (nSPS) is 18.1. The summed E-state index contributed by atoms with van der Waals surface area (Å²) in [6.07, 6.45) is 3.06. The minimum absolute atomic E-state index is 0.00402. The number of aromatic hydroxyl groups is 1. The Kier molecular flexibility index (Phi) is 5.66. The Morgan fingerprint density at radius 1 is 1.45 bits per heavy atom. The fourth-order valence-corrected chi connectivity index (χ4v) is 2.81. The fourth-order valence-electron chi connectivity index (χ4n) is 2.63. The molecule has 1 saturated heterocycles. The Morgan fingerprint density at radius 3 is 2.91 bits per heavy atom. The predicted molar refractivity (Wildman–Crippen MR) is 85.1 cm³/mol. The van der Waals surface area contributed by atoms with Crippen LogP contribution in [0.15, 0.2) is 18.2 Å². The summed E-state index contributed by atoms with van der Waals surface area (Å²) in [6, 6.07) is 4.45. The Hall–Kier alpha value is -1.75. The van der Waals surface area contributed by atoms with Gasteiger partial charge in [-0.15, -0.1) is 0 Å². The van der Waals surface area contributed by atoms with Crippen LogP contribution in [0, 0.1) is 0 Å². The van der Waals surface area contributed by atoms with Gasteiger partial charge in [-0.05, 0) is 37.5 Å². The molecule has 1 atom stereocenters. The van der Waals surface area contributed by atoms with Gasteiger partial charge in [-0.2, -0.15) is 0 Å². The predicted octanol–water partition coefficient (Wildman–Crippen LogP) is 2.57. The molecule has 1 aliphatic heterocycles. The van der Waals surface area contributed by atoms with Crippen molar-refractivity contribution < 1.29 is 14.7 Å². The topological polar surface area (TPSA) is 69.6 Å². The van der Waals surface area contributed by atoms with E-state index in [0.29, 0.717) is 25.1 Å². The minimum Gasteiger partial charge on any atom is -0.506 e. The number of rotatable bonds is 4. The van der Waals surface area contributed by atoms with Crippen LogP contribution < -0.4 is 5.32 Å². The molecule has 2 N–H and O–H groups in total. The summed E-state index contributed by atoms with van der Waals surface area (Å²) in [6.45, 7) is 3.13. The summed E-state index contributed by atoms with van der Waals surface area (Å²) in [5.41, 5.74) is 0.448. The molecule has 0 bridgehead atoms. The van der Waals surface area contributed by atoms with E-state index in [-0.39, 0.29) is 28.6 Å². The van der Waals surface area contributed by atoms with Crippen molar-refractivity contribution in [2.75, 3.05) is 13.1 Å². The second kappa shape index (κ2) is 7.49. The molecule has 2 amide bonds. The van der Waals surface area contributed by atoms with E-state index >= 15 is 0 Å². The van der Waals surface area contributed by atoms with Gasteiger partial charge in [0, 0.05) is 31.1 Å². The van der Waals surface area contributed by atoms with E-state index in [4.69, 9.17) is 11.6 Å². The molecule has 1 heterocycles. The van der Waals surface area contributed by atoms with E-state index in [1.54, 1.807) is 11.0 Å². The number of hydrogen-bond donors (Lipinski definition) is 2. The van der Waals surface area contributed by atoms with Gasteiger partial charge in [0.2, 0.25) is 5.91 Å². The maximum absolute atomic E-state index is 12.5. The molecule has 0 saturated carbocycles. The molecule has 1 aromatic rings. The van der Waals surface area contributed by atoms with Gasteiger partial charge >= 0.3 is 0 Å². The summed E-state index contributed by atoms with van der Waals surface area (Å²) in [7, 11) is 0. The second-order valence-corrected chi connectivity index (χ2v) is 5.98. The molecule has 0 aliphatic carbocycles. The number of phenolic OH excluding ortho intramolecular Hbond substituents is 1. The van der Waals surface area contributed by atoms with Crippen LogP contribution in [-0.2, 0) is 4.79 Å². The largest absolute Gasteiger partial charge is 0.506 e. The van der Waals surface area contributed by atoms with Crippen LogP contribution in [0.2, 0.25) is 5.02 Å². The van der Waals surface area contributed by atoms with Crippen LogP contribution in [0.1, 0.15) is 43.0 Å². The smallest absolute Gasteiger partial charge is 0.253 e. The summed E-state index contributed by atoms with van der Waals surface area (Å²) in [4.78, 5) is 25.9. The molecule has 0 aromatic heterocycles. The van der Waals surface area contributed by atoms with Crippen molar-refractivity contribution in [3.8, 4) is 5.75 Å². The second-order valence-electron chi connectivity index (χ2n) is 5.57. The van der Waals surface area contributed by atoms with E-state index < -0.39 is 0 Å². The van der Waals surface area contributed by atoms with Crippen molar-refractivity contribution in [1.82, 2.24) is 10.2 Å². The third-order valence-electron chi connectivity index (χ3n) is 3.75. The molecule has 22 heavy (non-hydrogen) atoms. The maximum atomic E-state index is 12.5. The van der Waals surface area contributed by atoms with E-state index in [0.717, 1.165) is 19.3 Å². The van der Waals surface area contributed by atoms with Crippen LogP contribution in [0.25, 0.3) is 0 Å². The van der Waals surface area contributed by atoms with E-state index in [2.05, 4.69) is 5.32 Å². The van der Waals surface area contributed by atoms with Gasteiger partial charge in [-0.1, -0.05) is 18.5 Å². The zero-order chi connectivity index (χ0) is 16.1. The SMILES string of the molecule is CCCC(=O)N[C@H]1CCCN(C(=O)c2ccc(O)c(Cl)c2)C1. The van der Waals surface area contributed by atoms with Gasteiger partial charge in [-0.3, -0.25) is 9.59 Å². The van der Waals surface area contributed by atoms with Crippen molar-refractivity contribution in [2.24, 2.45) is 0 Å². The first-order valence-electron chi connectivity index (χ1n) is 7.58. The summed E-state index contributed by atoms with van der Waals surface area (Å²) in [5, 5.41) is 12.6. The van der Waals surface area contributed by atoms with Crippen molar-refractivity contribution in [1.29, 1.82) is 0 Å². The van der Waals surface area contributed by atoms with Crippen LogP contribution >= 0.6 is 11.6 Å². The molecule has 1 aliphatic rings. The van der Waals surface area contributed by atoms with Crippen LogP contribution in [-0.4, -0.2) is 41.0 Å². The van der Waals surface area contributed by atoms with Gasteiger partial charge in [0.25, 0.3) is 5.91 Å². The number of nitrogens with zero attached hydrogens (tertiary/aromatic N) is 1. The Bertz CT molecular complexity index is 562. The molecule has 1 aromatic carbocycles. The Morgan fingerprint density at radius 2 is 2.23 bits per heavy atom. The number of nitrogens with one attached hydrogen (secondary N) is 1. The quantitative estimate of drug-likeness (QED) is 0.894. The first-order valence-corrected chi connectivity index (χ1v) is 7.96. The summed E-state index contributed by atoms with van der Waals surface area (Å²) in [5.74, 6) is -0.132.